The number of rotatable bonds is 8. The van der Waals surface area contributed by atoms with Crippen LogP contribution in [0.4, 0.5) is 4.39 Å². The van der Waals surface area contributed by atoms with Gasteiger partial charge in [-0.15, -0.1) is 0 Å². The fourth-order valence-electron chi connectivity index (χ4n) is 2.59. The number of ether oxygens (including phenoxy) is 1. The molecule has 1 aliphatic rings. The molecule has 1 N–H and O–H groups in total. The van der Waals surface area contributed by atoms with Crippen molar-refractivity contribution in [1.82, 2.24) is 10.5 Å². The molecule has 0 spiro atoms. The molecule has 1 aromatic heterocycles. The normalized spacial score (nSPS) is 13.9. The van der Waals surface area contributed by atoms with Crippen molar-refractivity contribution in [2.45, 2.75) is 31.6 Å². The predicted octanol–water partition coefficient (Wildman–Crippen LogP) is 4.33. The van der Waals surface area contributed by atoms with Crippen LogP contribution in [0.2, 0.25) is 5.02 Å². The number of hydrogen-bond acceptors (Lipinski definition) is 4. The Balaban J connectivity index is 1.38. The van der Waals surface area contributed by atoms with E-state index in [0.717, 1.165) is 35.9 Å². The van der Waals surface area contributed by atoms with Gasteiger partial charge in [-0.05, 0) is 37.0 Å². The zero-order valence-corrected chi connectivity index (χ0v) is 15.0. The van der Waals surface area contributed by atoms with Crippen molar-refractivity contribution in [3.63, 3.8) is 0 Å². The number of halogens is 2. The molecule has 1 saturated carbocycles. The van der Waals surface area contributed by atoms with Gasteiger partial charge < -0.3 is 14.6 Å². The van der Waals surface area contributed by atoms with E-state index in [-0.39, 0.29) is 23.3 Å². The predicted molar refractivity (Wildman–Crippen MR) is 96.7 cm³/mol. The maximum absolute atomic E-state index is 13.3. The summed E-state index contributed by atoms with van der Waals surface area (Å²) in [5.74, 6) is 0.759. The highest BCUT2D eigenvalue weighted by atomic mass is 35.5. The molecule has 1 aromatic carbocycles. The van der Waals surface area contributed by atoms with Gasteiger partial charge in [0, 0.05) is 24.6 Å². The van der Waals surface area contributed by atoms with Gasteiger partial charge in [0.05, 0.1) is 5.02 Å². The quantitative estimate of drug-likeness (QED) is 0.742. The third kappa shape index (κ3) is 4.64. The largest absolute Gasteiger partial charge is 0.484 e. The molecule has 7 heteroatoms. The molecule has 0 atom stereocenters. The van der Waals surface area contributed by atoms with Gasteiger partial charge in [-0.3, -0.25) is 4.79 Å². The second-order valence-electron chi connectivity index (χ2n) is 6.31. The highest BCUT2D eigenvalue weighted by Crippen LogP contribution is 2.37. The number of hydrogen-bond donors (Lipinski definition) is 1. The summed E-state index contributed by atoms with van der Waals surface area (Å²) in [6, 6.07) is 5.96. The van der Waals surface area contributed by atoms with E-state index < -0.39 is 5.82 Å². The summed E-state index contributed by atoms with van der Waals surface area (Å²) in [7, 11) is 0. The van der Waals surface area contributed by atoms with E-state index in [9.17, 15) is 9.18 Å². The summed E-state index contributed by atoms with van der Waals surface area (Å²) in [6.07, 6.45) is 4.08. The molecule has 1 amide bonds. The van der Waals surface area contributed by atoms with Crippen LogP contribution in [0.15, 0.2) is 35.4 Å². The van der Waals surface area contributed by atoms with Crippen molar-refractivity contribution in [1.29, 1.82) is 0 Å². The Bertz CT molecular complexity index is 802. The number of carbonyl (C=O) groups excluding carboxylic acids is 1. The van der Waals surface area contributed by atoms with Crippen LogP contribution in [0.1, 0.15) is 43.1 Å². The van der Waals surface area contributed by atoms with Crippen molar-refractivity contribution >= 4 is 23.1 Å². The summed E-state index contributed by atoms with van der Waals surface area (Å²) < 4.78 is 23.9. The highest BCUT2D eigenvalue weighted by Gasteiger charge is 2.24. The number of benzene rings is 1. The molecule has 0 unspecified atom stereocenters. The Kier molecular flexibility index (Phi) is 5.93. The van der Waals surface area contributed by atoms with Crippen molar-refractivity contribution in [3.8, 4) is 5.75 Å². The monoisotopic (exact) mass is 378 g/mol. The third-order valence-electron chi connectivity index (χ3n) is 4.41. The first kappa shape index (κ1) is 18.5. The van der Waals surface area contributed by atoms with E-state index in [1.807, 2.05) is 6.07 Å². The van der Waals surface area contributed by atoms with Gasteiger partial charge in [-0.25, -0.2) is 4.39 Å². The molecule has 3 rings (SSSR count). The van der Waals surface area contributed by atoms with Crippen LogP contribution < -0.4 is 10.1 Å². The Morgan fingerprint density at radius 1 is 1.42 bits per heavy atom. The van der Waals surface area contributed by atoms with Crippen molar-refractivity contribution in [2.75, 3.05) is 13.2 Å². The lowest BCUT2D eigenvalue weighted by molar-refractivity contribution is -0.123. The topological polar surface area (TPSA) is 64.4 Å². The van der Waals surface area contributed by atoms with E-state index in [1.165, 1.54) is 18.6 Å². The number of amides is 1. The molecule has 2 aromatic rings. The SMILES string of the molecule is C=C(CCNC(=O)COc1ccc(Cl)c(F)c1)c1cc(C2CCC2)on1. The van der Waals surface area contributed by atoms with E-state index in [4.69, 9.17) is 20.9 Å². The average Bonchev–Trinajstić information content (AvgIpc) is 3.04. The Morgan fingerprint density at radius 3 is 2.92 bits per heavy atom. The standard InChI is InChI=1S/C19H20ClFN2O3/c1-12(17-10-18(26-23-17)13-3-2-4-13)7-8-22-19(24)11-25-14-5-6-15(20)16(21)9-14/h5-6,9-10,13H,1-4,7-8,11H2,(H,22,24). The number of carbonyl (C=O) groups is 1. The van der Waals surface area contributed by atoms with Crippen LogP contribution in [0.25, 0.3) is 5.57 Å². The first-order chi connectivity index (χ1) is 12.5. The second-order valence-corrected chi connectivity index (χ2v) is 6.72. The molecule has 138 valence electrons. The maximum Gasteiger partial charge on any atom is 0.257 e. The lowest BCUT2D eigenvalue weighted by Gasteiger charge is -2.21. The lowest BCUT2D eigenvalue weighted by Crippen LogP contribution is -2.29. The minimum atomic E-state index is -0.588. The van der Waals surface area contributed by atoms with E-state index in [0.29, 0.717) is 18.9 Å². The molecule has 0 aliphatic heterocycles. The molecule has 5 nitrogen and oxygen atoms in total. The van der Waals surface area contributed by atoms with Crippen molar-refractivity contribution < 1.29 is 18.4 Å². The van der Waals surface area contributed by atoms with E-state index in [2.05, 4.69) is 17.1 Å². The molecule has 0 saturated heterocycles. The smallest absolute Gasteiger partial charge is 0.257 e. The van der Waals surface area contributed by atoms with Gasteiger partial charge in [0.2, 0.25) is 0 Å². The molecule has 1 fully saturated rings. The highest BCUT2D eigenvalue weighted by molar-refractivity contribution is 6.30. The average molecular weight is 379 g/mol. The van der Waals surface area contributed by atoms with Gasteiger partial charge in [-0.2, -0.15) is 0 Å². The van der Waals surface area contributed by atoms with E-state index in [1.54, 1.807) is 0 Å². The Morgan fingerprint density at radius 2 is 2.23 bits per heavy atom. The maximum atomic E-state index is 13.3. The minimum Gasteiger partial charge on any atom is -0.484 e. The zero-order valence-electron chi connectivity index (χ0n) is 14.3. The third-order valence-corrected chi connectivity index (χ3v) is 4.71. The summed E-state index contributed by atoms with van der Waals surface area (Å²) in [5, 5.41) is 6.79. The zero-order chi connectivity index (χ0) is 18.5. The number of nitrogens with one attached hydrogen (secondary N) is 1. The lowest BCUT2D eigenvalue weighted by atomic mass is 9.83. The van der Waals surface area contributed by atoms with Crippen LogP contribution in [0, 0.1) is 5.82 Å². The summed E-state index contributed by atoms with van der Waals surface area (Å²) in [4.78, 5) is 11.8. The Hall–Kier alpha value is -2.34. The molecule has 0 radical (unpaired) electrons. The van der Waals surface area contributed by atoms with Crippen molar-refractivity contribution in [3.05, 3.63) is 53.1 Å². The fraction of sp³-hybridized carbons (Fsp3) is 0.368. The van der Waals surface area contributed by atoms with Crippen LogP contribution in [-0.2, 0) is 4.79 Å². The molecule has 26 heavy (non-hydrogen) atoms. The minimum absolute atomic E-state index is 0.00800. The number of nitrogens with zero attached hydrogens (tertiary/aromatic N) is 1. The summed E-state index contributed by atoms with van der Waals surface area (Å²) in [5.41, 5.74) is 1.54. The van der Waals surface area contributed by atoms with Gasteiger partial charge in [0.25, 0.3) is 5.91 Å². The van der Waals surface area contributed by atoms with Gasteiger partial charge in [0.15, 0.2) is 6.61 Å². The van der Waals surface area contributed by atoms with E-state index >= 15 is 0 Å². The van der Waals surface area contributed by atoms with Crippen LogP contribution in [-0.4, -0.2) is 24.2 Å². The first-order valence-corrected chi connectivity index (χ1v) is 8.90. The molecule has 0 bridgehead atoms. The van der Waals surface area contributed by atoms with Crippen LogP contribution >= 0.6 is 11.6 Å². The molecular weight excluding hydrogens is 359 g/mol. The molecule has 1 heterocycles. The first-order valence-electron chi connectivity index (χ1n) is 8.52. The van der Waals surface area contributed by atoms with Crippen molar-refractivity contribution in [2.24, 2.45) is 0 Å². The molecular formula is C19H20ClFN2O3. The van der Waals surface area contributed by atoms with Crippen LogP contribution in [0.5, 0.6) is 5.75 Å². The summed E-state index contributed by atoms with van der Waals surface area (Å²) >= 11 is 5.59. The summed E-state index contributed by atoms with van der Waals surface area (Å²) in [6.45, 7) is 4.19. The fourth-order valence-corrected chi connectivity index (χ4v) is 2.71. The van der Waals surface area contributed by atoms with Gasteiger partial charge >= 0.3 is 0 Å². The Labute approximate surface area is 156 Å². The van der Waals surface area contributed by atoms with Gasteiger partial charge in [0.1, 0.15) is 23.0 Å². The number of aromatic nitrogens is 1. The molecule has 1 aliphatic carbocycles. The second kappa shape index (κ2) is 8.36. The van der Waals surface area contributed by atoms with Gasteiger partial charge in [-0.1, -0.05) is 29.8 Å². The van der Waals surface area contributed by atoms with Crippen LogP contribution in [0.3, 0.4) is 0 Å².